The summed E-state index contributed by atoms with van der Waals surface area (Å²) in [6.07, 6.45) is 7.59. The van der Waals surface area contributed by atoms with Gasteiger partial charge in [0, 0.05) is 0 Å². The van der Waals surface area contributed by atoms with E-state index in [9.17, 15) is 13.0 Å². The van der Waals surface area contributed by atoms with Crippen LogP contribution >= 0.6 is 0 Å². The third kappa shape index (κ3) is 7.17. The van der Waals surface area contributed by atoms with Gasteiger partial charge in [0.05, 0.1) is 4.90 Å². The van der Waals surface area contributed by atoms with Crippen molar-refractivity contribution in [3.63, 3.8) is 0 Å². The molecule has 1 aromatic rings. The maximum atomic E-state index is 11.1. The molecule has 0 radical (unpaired) electrons. The first-order valence-corrected chi connectivity index (χ1v) is 8.00. The predicted octanol–water partition coefficient (Wildman–Crippen LogP) is 0.498. The number of hydrogen-bond donors (Lipinski definition) is 0. The van der Waals surface area contributed by atoms with Crippen LogP contribution in [-0.2, 0) is 16.5 Å². The fourth-order valence-electron chi connectivity index (χ4n) is 2.05. The van der Waals surface area contributed by atoms with E-state index < -0.39 is 10.1 Å². The molecule has 0 heterocycles. The number of rotatable bonds is 8. The molecule has 19 heavy (non-hydrogen) atoms. The van der Waals surface area contributed by atoms with Crippen LogP contribution < -0.4 is 18.9 Å². The Balaban J connectivity index is 0.00000324. The van der Waals surface area contributed by atoms with Crippen LogP contribution in [0.5, 0.6) is 0 Å². The fraction of sp³-hybridized carbons (Fsp3) is 0.571. The molecule has 0 saturated carbocycles. The fourth-order valence-corrected chi connectivity index (χ4v) is 2.79. The van der Waals surface area contributed by atoms with Gasteiger partial charge in [0.25, 0.3) is 0 Å². The summed E-state index contributed by atoms with van der Waals surface area (Å²) in [5.41, 5.74) is 0.656. The van der Waals surface area contributed by atoms with E-state index in [-0.39, 0.29) is 23.8 Å². The summed E-state index contributed by atoms with van der Waals surface area (Å²) < 4.78 is 33.2. The molecular formula is C14H21LiO3S. The topological polar surface area (TPSA) is 57.2 Å². The van der Waals surface area contributed by atoms with Gasteiger partial charge in [0.15, 0.2) is 0 Å². The minimum Gasteiger partial charge on any atom is -0.744 e. The van der Waals surface area contributed by atoms with E-state index in [2.05, 4.69) is 6.92 Å². The first kappa shape index (κ1) is 18.7. The Labute approximate surface area is 128 Å². The van der Waals surface area contributed by atoms with Crippen molar-refractivity contribution < 1.29 is 31.8 Å². The first-order chi connectivity index (χ1) is 8.55. The number of unbranched alkanes of at least 4 members (excludes halogenated alkanes) is 5. The van der Waals surface area contributed by atoms with Gasteiger partial charge in [-0.3, -0.25) is 0 Å². The third-order valence-corrected chi connectivity index (χ3v) is 3.98. The minimum absolute atomic E-state index is 0. The normalized spacial score (nSPS) is 11.1. The molecule has 0 N–H and O–H groups in total. The van der Waals surface area contributed by atoms with Crippen molar-refractivity contribution in [2.75, 3.05) is 0 Å². The molecule has 0 spiro atoms. The molecule has 1 rings (SSSR count). The summed E-state index contributed by atoms with van der Waals surface area (Å²) in [6.45, 7) is 2.18. The van der Waals surface area contributed by atoms with E-state index in [1.807, 2.05) is 0 Å². The van der Waals surface area contributed by atoms with Crippen LogP contribution in [0.2, 0.25) is 0 Å². The van der Waals surface area contributed by atoms with Crippen molar-refractivity contribution in [2.45, 2.75) is 56.8 Å². The van der Waals surface area contributed by atoms with Gasteiger partial charge in [-0.15, -0.1) is 0 Å². The van der Waals surface area contributed by atoms with Crippen molar-refractivity contribution in [3.8, 4) is 0 Å². The molecule has 5 heteroatoms. The average Bonchev–Trinajstić information content (AvgIpc) is 2.33. The molecule has 0 fully saturated rings. The Morgan fingerprint density at radius 3 is 2.21 bits per heavy atom. The van der Waals surface area contributed by atoms with E-state index in [1.54, 1.807) is 18.2 Å². The third-order valence-electron chi connectivity index (χ3n) is 3.04. The van der Waals surface area contributed by atoms with Crippen LogP contribution in [0.3, 0.4) is 0 Å². The summed E-state index contributed by atoms with van der Waals surface area (Å²) in [5, 5.41) is 0. The number of benzene rings is 1. The molecule has 3 nitrogen and oxygen atoms in total. The van der Waals surface area contributed by atoms with Crippen molar-refractivity contribution >= 4 is 10.1 Å². The number of hydrogen-bond acceptors (Lipinski definition) is 3. The van der Waals surface area contributed by atoms with E-state index in [4.69, 9.17) is 0 Å². The molecule has 0 aliphatic carbocycles. The second-order valence-corrected chi connectivity index (χ2v) is 5.93. The zero-order valence-corrected chi connectivity index (χ0v) is 12.7. The first-order valence-electron chi connectivity index (χ1n) is 6.59. The average molecular weight is 276 g/mol. The summed E-state index contributed by atoms with van der Waals surface area (Å²) in [5.74, 6) is 0. The number of aryl methyl sites for hydroxylation is 1. The van der Waals surface area contributed by atoms with Crippen LogP contribution in [0.1, 0.15) is 51.0 Å². The molecule has 0 aliphatic rings. The van der Waals surface area contributed by atoms with Crippen LogP contribution in [0, 0.1) is 0 Å². The Bertz CT molecular complexity index is 458. The molecule has 0 aliphatic heterocycles. The molecule has 0 unspecified atom stereocenters. The molecule has 1 aromatic carbocycles. The van der Waals surface area contributed by atoms with Gasteiger partial charge in [-0.25, -0.2) is 8.42 Å². The van der Waals surface area contributed by atoms with Crippen molar-refractivity contribution in [2.24, 2.45) is 0 Å². The quantitative estimate of drug-likeness (QED) is 0.394. The maximum absolute atomic E-state index is 11.1. The molecule has 102 valence electrons. The van der Waals surface area contributed by atoms with Gasteiger partial charge in [-0.05, 0) is 24.5 Å². The maximum Gasteiger partial charge on any atom is 1.00 e. The van der Waals surface area contributed by atoms with E-state index >= 15 is 0 Å². The van der Waals surface area contributed by atoms with Gasteiger partial charge in [0.1, 0.15) is 10.1 Å². The molecule has 0 amide bonds. The van der Waals surface area contributed by atoms with E-state index in [0.717, 1.165) is 12.8 Å². The van der Waals surface area contributed by atoms with Crippen molar-refractivity contribution in [1.82, 2.24) is 0 Å². The minimum atomic E-state index is -4.33. The molecule has 0 bridgehead atoms. The van der Waals surface area contributed by atoms with Crippen LogP contribution in [0.25, 0.3) is 0 Å². The SMILES string of the molecule is CCCCCCCCc1ccccc1S(=O)(=O)[O-].[Li+]. The Kier molecular flexibility index (Phi) is 9.47. The monoisotopic (exact) mass is 276 g/mol. The van der Waals surface area contributed by atoms with E-state index in [0.29, 0.717) is 12.0 Å². The van der Waals surface area contributed by atoms with E-state index in [1.165, 1.54) is 31.7 Å². The summed E-state index contributed by atoms with van der Waals surface area (Å²) in [4.78, 5) is -0.0569. The van der Waals surface area contributed by atoms with Gasteiger partial charge in [-0.2, -0.15) is 0 Å². The standard InChI is InChI=1S/C14H22O3S.Li/c1-2-3-4-5-6-7-10-13-11-8-9-12-14(13)18(15,16)17;/h8-9,11-12H,2-7,10H2,1H3,(H,15,16,17);/q;+1/p-1. The molecular weight excluding hydrogens is 255 g/mol. The van der Waals surface area contributed by atoms with Crippen LogP contribution in [-0.4, -0.2) is 13.0 Å². The molecule has 0 aromatic heterocycles. The zero-order valence-electron chi connectivity index (χ0n) is 11.9. The Hall–Kier alpha value is -0.273. The summed E-state index contributed by atoms with van der Waals surface area (Å²) >= 11 is 0. The molecule has 0 saturated heterocycles. The predicted molar refractivity (Wildman–Crippen MR) is 71.5 cm³/mol. The smallest absolute Gasteiger partial charge is 0.744 e. The van der Waals surface area contributed by atoms with Crippen LogP contribution in [0.15, 0.2) is 29.2 Å². The largest absolute Gasteiger partial charge is 1.00 e. The molecule has 0 atom stereocenters. The second kappa shape index (κ2) is 9.60. The summed E-state index contributed by atoms with van der Waals surface area (Å²) in [7, 11) is -4.33. The Morgan fingerprint density at radius 1 is 1.00 bits per heavy atom. The van der Waals surface area contributed by atoms with Gasteiger partial charge >= 0.3 is 18.9 Å². The van der Waals surface area contributed by atoms with Gasteiger partial charge in [0.2, 0.25) is 0 Å². The summed E-state index contributed by atoms with van der Waals surface area (Å²) in [6, 6.07) is 6.50. The van der Waals surface area contributed by atoms with Gasteiger partial charge < -0.3 is 4.55 Å². The van der Waals surface area contributed by atoms with Crippen molar-refractivity contribution in [3.05, 3.63) is 29.8 Å². The second-order valence-electron chi connectivity index (χ2n) is 4.58. The van der Waals surface area contributed by atoms with Crippen LogP contribution in [0.4, 0.5) is 0 Å². The van der Waals surface area contributed by atoms with Crippen molar-refractivity contribution in [1.29, 1.82) is 0 Å². The Morgan fingerprint density at radius 2 is 1.58 bits per heavy atom. The zero-order chi connectivity index (χ0) is 13.4. The van der Waals surface area contributed by atoms with Gasteiger partial charge in [-0.1, -0.05) is 57.2 Å².